The van der Waals surface area contributed by atoms with Crippen LogP contribution in [0.25, 0.3) is 10.8 Å². The average molecular weight is 339 g/mol. The zero-order valence-electron chi connectivity index (χ0n) is 13.9. The molecule has 3 aromatic rings. The maximum absolute atomic E-state index is 13.0. The molecule has 25 heavy (non-hydrogen) atoms. The molecule has 2 aromatic carbocycles. The van der Waals surface area contributed by atoms with E-state index in [2.05, 4.69) is 10.3 Å². The van der Waals surface area contributed by atoms with Gasteiger partial charge in [0.25, 0.3) is 5.56 Å². The number of hydrogen-bond acceptors (Lipinski definition) is 2. The van der Waals surface area contributed by atoms with Crippen molar-refractivity contribution in [3.63, 3.8) is 0 Å². The number of pyridine rings is 1. The minimum atomic E-state index is -0.362. The van der Waals surface area contributed by atoms with Crippen LogP contribution in [-0.2, 0) is 0 Å². The largest absolute Gasteiger partial charge is 0.328 e. The van der Waals surface area contributed by atoms with Gasteiger partial charge in [-0.25, -0.2) is 9.18 Å². The van der Waals surface area contributed by atoms with E-state index in [0.29, 0.717) is 11.1 Å². The van der Waals surface area contributed by atoms with Gasteiger partial charge in [-0.1, -0.05) is 18.2 Å². The Morgan fingerprint density at radius 2 is 1.76 bits per heavy atom. The van der Waals surface area contributed by atoms with E-state index in [1.54, 1.807) is 25.4 Å². The molecule has 0 saturated carbocycles. The van der Waals surface area contributed by atoms with Gasteiger partial charge in [0.05, 0.1) is 6.04 Å². The number of rotatable bonds is 3. The SMILES string of the molecule is CC(c1c[nH]c(=O)c2ccccc12)N(C)C(=O)Nc1ccc(F)cc1. The standard InChI is InChI=1S/C19H18FN3O2/c1-12(17-11-21-18(24)16-6-4-3-5-15(16)17)23(2)19(25)22-14-9-7-13(20)8-10-14/h3-12H,1-2H3,(H,21,24)(H,22,25). The highest BCUT2D eigenvalue weighted by Crippen LogP contribution is 2.25. The Bertz CT molecular complexity index is 966. The molecule has 0 aliphatic carbocycles. The maximum atomic E-state index is 13.0. The van der Waals surface area contributed by atoms with Crippen molar-refractivity contribution in [1.29, 1.82) is 0 Å². The zero-order valence-corrected chi connectivity index (χ0v) is 13.9. The van der Waals surface area contributed by atoms with Crippen LogP contribution in [0, 0.1) is 5.82 Å². The number of urea groups is 1. The molecule has 1 aromatic heterocycles. The quantitative estimate of drug-likeness (QED) is 0.760. The third-order valence-electron chi connectivity index (χ3n) is 4.29. The molecular formula is C19H18FN3O2. The number of aromatic amines is 1. The summed E-state index contributed by atoms with van der Waals surface area (Å²) in [6.45, 7) is 1.88. The average Bonchev–Trinajstić information content (AvgIpc) is 2.63. The Morgan fingerprint density at radius 3 is 2.44 bits per heavy atom. The molecule has 2 N–H and O–H groups in total. The fourth-order valence-electron chi connectivity index (χ4n) is 2.71. The van der Waals surface area contributed by atoms with Crippen molar-refractivity contribution in [2.45, 2.75) is 13.0 Å². The fraction of sp³-hybridized carbons (Fsp3) is 0.158. The van der Waals surface area contributed by atoms with Crippen molar-refractivity contribution in [2.24, 2.45) is 0 Å². The molecule has 3 rings (SSSR count). The van der Waals surface area contributed by atoms with Gasteiger partial charge in [-0.3, -0.25) is 4.79 Å². The number of carbonyl (C=O) groups is 1. The van der Waals surface area contributed by atoms with E-state index < -0.39 is 0 Å². The summed E-state index contributed by atoms with van der Waals surface area (Å²) in [5.41, 5.74) is 1.19. The smallest absolute Gasteiger partial charge is 0.322 e. The van der Waals surface area contributed by atoms with Gasteiger partial charge in [0.15, 0.2) is 0 Å². The Kier molecular flexibility index (Phi) is 4.52. The highest BCUT2D eigenvalue weighted by molar-refractivity contribution is 5.90. The normalized spacial score (nSPS) is 12.0. The second-order valence-corrected chi connectivity index (χ2v) is 5.84. The molecule has 2 amide bonds. The fourth-order valence-corrected chi connectivity index (χ4v) is 2.71. The molecule has 0 spiro atoms. The molecule has 5 nitrogen and oxygen atoms in total. The van der Waals surface area contributed by atoms with E-state index in [4.69, 9.17) is 0 Å². The Morgan fingerprint density at radius 1 is 1.12 bits per heavy atom. The van der Waals surface area contributed by atoms with E-state index in [9.17, 15) is 14.0 Å². The topological polar surface area (TPSA) is 65.2 Å². The molecule has 1 unspecified atom stereocenters. The Labute approximate surface area is 144 Å². The van der Waals surface area contributed by atoms with Gasteiger partial charge in [-0.05, 0) is 48.2 Å². The first kappa shape index (κ1) is 16.7. The summed E-state index contributed by atoms with van der Waals surface area (Å²) < 4.78 is 13.0. The molecular weight excluding hydrogens is 321 g/mol. The van der Waals surface area contributed by atoms with Crippen LogP contribution in [-0.4, -0.2) is 23.0 Å². The van der Waals surface area contributed by atoms with Gasteiger partial charge in [0.1, 0.15) is 5.82 Å². The second-order valence-electron chi connectivity index (χ2n) is 5.84. The molecule has 0 radical (unpaired) electrons. The summed E-state index contributed by atoms with van der Waals surface area (Å²) in [5.74, 6) is -0.362. The van der Waals surface area contributed by atoms with Gasteiger partial charge in [-0.2, -0.15) is 0 Å². The number of amides is 2. The number of H-pyrrole nitrogens is 1. The summed E-state index contributed by atoms with van der Waals surface area (Å²) in [6.07, 6.45) is 1.64. The van der Waals surface area contributed by atoms with Crippen LogP contribution in [0.4, 0.5) is 14.9 Å². The number of aromatic nitrogens is 1. The summed E-state index contributed by atoms with van der Waals surface area (Å²) in [7, 11) is 1.67. The number of nitrogens with zero attached hydrogens (tertiary/aromatic N) is 1. The minimum Gasteiger partial charge on any atom is -0.328 e. The maximum Gasteiger partial charge on any atom is 0.322 e. The Hall–Kier alpha value is -3.15. The summed E-state index contributed by atoms with van der Waals surface area (Å²) in [4.78, 5) is 28.7. The van der Waals surface area contributed by atoms with E-state index in [1.807, 2.05) is 19.1 Å². The van der Waals surface area contributed by atoms with Gasteiger partial charge in [0, 0.05) is 24.3 Å². The van der Waals surface area contributed by atoms with Crippen LogP contribution in [0.2, 0.25) is 0 Å². The van der Waals surface area contributed by atoms with Crippen LogP contribution >= 0.6 is 0 Å². The monoisotopic (exact) mass is 339 g/mol. The lowest BCUT2D eigenvalue weighted by atomic mass is 10.0. The van der Waals surface area contributed by atoms with Crippen LogP contribution in [0.5, 0.6) is 0 Å². The summed E-state index contributed by atoms with van der Waals surface area (Å²) >= 11 is 0. The first-order valence-electron chi connectivity index (χ1n) is 7.87. The molecule has 1 atom stereocenters. The number of halogens is 1. The number of carbonyl (C=O) groups excluding carboxylic acids is 1. The highest BCUT2D eigenvalue weighted by Gasteiger charge is 2.20. The first-order chi connectivity index (χ1) is 12.0. The molecule has 1 heterocycles. The number of benzene rings is 2. The van der Waals surface area contributed by atoms with Crippen LogP contribution in [0.3, 0.4) is 0 Å². The van der Waals surface area contributed by atoms with E-state index in [0.717, 1.165) is 10.9 Å². The lowest BCUT2D eigenvalue weighted by Gasteiger charge is -2.26. The molecule has 0 aliphatic rings. The summed E-state index contributed by atoms with van der Waals surface area (Å²) in [5, 5.41) is 4.12. The van der Waals surface area contributed by atoms with Crippen molar-refractivity contribution in [3.8, 4) is 0 Å². The molecule has 6 heteroatoms. The number of hydrogen-bond donors (Lipinski definition) is 2. The number of fused-ring (bicyclic) bond motifs is 1. The molecule has 0 saturated heterocycles. The Balaban J connectivity index is 1.86. The van der Waals surface area contributed by atoms with Crippen molar-refractivity contribution in [1.82, 2.24) is 9.88 Å². The van der Waals surface area contributed by atoms with E-state index in [-0.39, 0.29) is 23.4 Å². The lowest BCUT2D eigenvalue weighted by molar-refractivity contribution is 0.208. The van der Waals surface area contributed by atoms with Gasteiger partial charge in [-0.15, -0.1) is 0 Å². The van der Waals surface area contributed by atoms with E-state index in [1.165, 1.54) is 29.2 Å². The predicted octanol–water partition coefficient (Wildman–Crippen LogP) is 3.89. The van der Waals surface area contributed by atoms with Gasteiger partial charge in [0.2, 0.25) is 0 Å². The predicted molar refractivity (Wildman–Crippen MR) is 96.2 cm³/mol. The van der Waals surface area contributed by atoms with Crippen molar-refractivity contribution >= 4 is 22.5 Å². The van der Waals surface area contributed by atoms with E-state index >= 15 is 0 Å². The second kappa shape index (κ2) is 6.76. The molecule has 0 aliphatic heterocycles. The van der Waals surface area contributed by atoms with Crippen LogP contribution in [0.1, 0.15) is 18.5 Å². The van der Waals surface area contributed by atoms with Crippen molar-refractivity contribution in [2.75, 3.05) is 12.4 Å². The number of nitrogens with one attached hydrogen (secondary N) is 2. The van der Waals surface area contributed by atoms with Crippen molar-refractivity contribution in [3.05, 3.63) is 76.5 Å². The van der Waals surface area contributed by atoms with Gasteiger partial charge >= 0.3 is 6.03 Å². The third kappa shape index (κ3) is 3.38. The minimum absolute atomic E-state index is 0.162. The number of anilines is 1. The van der Waals surface area contributed by atoms with Crippen LogP contribution in [0.15, 0.2) is 59.5 Å². The first-order valence-corrected chi connectivity index (χ1v) is 7.87. The summed E-state index contributed by atoms with van der Waals surface area (Å²) in [6, 6.07) is 12.3. The molecule has 128 valence electrons. The van der Waals surface area contributed by atoms with Crippen LogP contribution < -0.4 is 10.9 Å². The lowest BCUT2D eigenvalue weighted by Crippen LogP contribution is -2.34. The highest BCUT2D eigenvalue weighted by atomic mass is 19.1. The van der Waals surface area contributed by atoms with Crippen molar-refractivity contribution < 1.29 is 9.18 Å². The van der Waals surface area contributed by atoms with Gasteiger partial charge < -0.3 is 15.2 Å². The zero-order chi connectivity index (χ0) is 18.0. The third-order valence-corrected chi connectivity index (χ3v) is 4.29. The molecule has 0 fully saturated rings. The molecule has 0 bridgehead atoms.